The number of carbonyl (C=O) groups is 1. The molecule has 1 unspecified atom stereocenters. The Balaban J connectivity index is 0.000000183. The molecule has 1 fully saturated rings. The Hall–Kier alpha value is -2.23. The van der Waals surface area contributed by atoms with Crippen LogP contribution in [-0.4, -0.2) is 15.9 Å². The van der Waals surface area contributed by atoms with Gasteiger partial charge in [0.25, 0.3) is 0 Å². The SMILES string of the molecule is CC(C)c1ccnc(-c2[c-]c3ccccc3o2)c1.O=C1CCCC2CCCC(O)=C12.[Ir]. The number of Topliss-reactive ketones (excluding diaryl/α,β-unsaturated/α-hetero) is 1. The molecule has 4 nitrogen and oxygen atoms in total. The van der Waals surface area contributed by atoms with E-state index in [1.807, 2.05) is 36.5 Å². The largest absolute Gasteiger partial charge is 0.518 e. The van der Waals surface area contributed by atoms with Gasteiger partial charge in [0.2, 0.25) is 0 Å². The number of para-hydroxylation sites is 1. The van der Waals surface area contributed by atoms with Crippen LogP contribution in [0.3, 0.4) is 0 Å². The van der Waals surface area contributed by atoms with Gasteiger partial charge in [0.1, 0.15) is 0 Å². The Morgan fingerprint density at radius 2 is 1.87 bits per heavy atom. The molecule has 0 saturated heterocycles. The van der Waals surface area contributed by atoms with E-state index in [0.29, 0.717) is 29.8 Å². The summed E-state index contributed by atoms with van der Waals surface area (Å²) in [6, 6.07) is 15.2. The van der Waals surface area contributed by atoms with Gasteiger partial charge in [-0.15, -0.1) is 17.5 Å². The van der Waals surface area contributed by atoms with E-state index >= 15 is 0 Å². The molecule has 2 aliphatic rings. The van der Waals surface area contributed by atoms with Gasteiger partial charge in [0.05, 0.1) is 11.5 Å². The first-order valence-corrected chi connectivity index (χ1v) is 10.9. The summed E-state index contributed by atoms with van der Waals surface area (Å²) in [5.74, 6) is 2.16. The van der Waals surface area contributed by atoms with Gasteiger partial charge in [-0.25, -0.2) is 0 Å². The van der Waals surface area contributed by atoms with E-state index in [1.165, 1.54) is 5.56 Å². The van der Waals surface area contributed by atoms with Gasteiger partial charge in [-0.2, -0.15) is 0 Å². The van der Waals surface area contributed by atoms with Gasteiger partial charge in [-0.1, -0.05) is 43.7 Å². The Kier molecular flexibility index (Phi) is 7.85. The number of aliphatic hydroxyl groups excluding tert-OH is 1. The number of allylic oxidation sites excluding steroid dienone is 2. The maximum atomic E-state index is 11.4. The molecule has 31 heavy (non-hydrogen) atoms. The summed E-state index contributed by atoms with van der Waals surface area (Å²) in [6.45, 7) is 4.34. The van der Waals surface area contributed by atoms with Gasteiger partial charge in [-0.05, 0) is 43.6 Å². The second-order valence-corrected chi connectivity index (χ2v) is 8.45. The van der Waals surface area contributed by atoms with Gasteiger partial charge >= 0.3 is 0 Å². The predicted molar refractivity (Wildman–Crippen MR) is 118 cm³/mol. The minimum Gasteiger partial charge on any atom is -0.518 e. The van der Waals surface area contributed by atoms with Crippen molar-refractivity contribution in [3.05, 3.63) is 65.6 Å². The van der Waals surface area contributed by atoms with Crippen LogP contribution in [0.5, 0.6) is 0 Å². The van der Waals surface area contributed by atoms with E-state index in [2.05, 4.69) is 31.0 Å². The van der Waals surface area contributed by atoms with Gasteiger partial charge in [0.15, 0.2) is 5.78 Å². The van der Waals surface area contributed by atoms with Crippen molar-refractivity contribution in [3.63, 3.8) is 0 Å². The number of aliphatic hydroxyl groups is 1. The van der Waals surface area contributed by atoms with E-state index in [4.69, 9.17) is 4.42 Å². The molecule has 2 heterocycles. The van der Waals surface area contributed by atoms with Crippen LogP contribution >= 0.6 is 0 Å². The van der Waals surface area contributed by atoms with Crippen molar-refractivity contribution in [2.24, 2.45) is 5.92 Å². The zero-order valence-electron chi connectivity index (χ0n) is 18.0. The molecule has 0 amide bonds. The van der Waals surface area contributed by atoms with Gasteiger partial charge in [-0.3, -0.25) is 4.79 Å². The molecule has 1 radical (unpaired) electrons. The number of hydrogen-bond donors (Lipinski definition) is 1. The van der Waals surface area contributed by atoms with E-state index in [1.54, 1.807) is 0 Å². The van der Waals surface area contributed by atoms with Gasteiger partial charge in [0, 0.05) is 56.0 Å². The second-order valence-electron chi connectivity index (χ2n) is 8.45. The molecule has 1 atom stereocenters. The van der Waals surface area contributed by atoms with E-state index in [0.717, 1.165) is 54.3 Å². The fourth-order valence-electron chi connectivity index (χ4n) is 4.31. The summed E-state index contributed by atoms with van der Waals surface area (Å²) >= 11 is 0. The maximum Gasteiger partial charge on any atom is 0.162 e. The quantitative estimate of drug-likeness (QED) is 0.333. The van der Waals surface area contributed by atoms with E-state index in [9.17, 15) is 9.90 Å². The molecule has 5 rings (SSSR count). The zero-order valence-corrected chi connectivity index (χ0v) is 20.4. The first-order valence-electron chi connectivity index (χ1n) is 10.9. The molecule has 1 aromatic carbocycles. The third-order valence-electron chi connectivity index (χ3n) is 5.97. The Bertz CT molecular complexity index is 1050. The molecule has 165 valence electrons. The Morgan fingerprint density at radius 3 is 2.58 bits per heavy atom. The van der Waals surface area contributed by atoms with Crippen molar-refractivity contribution in [2.45, 2.75) is 58.3 Å². The predicted octanol–water partition coefficient (Wildman–Crippen LogP) is 6.77. The van der Waals surface area contributed by atoms with Crippen LogP contribution in [0, 0.1) is 12.0 Å². The maximum absolute atomic E-state index is 11.4. The van der Waals surface area contributed by atoms with Crippen LogP contribution in [0.25, 0.3) is 22.4 Å². The fourth-order valence-corrected chi connectivity index (χ4v) is 4.31. The molecule has 2 aliphatic carbocycles. The number of pyridine rings is 1. The smallest absolute Gasteiger partial charge is 0.162 e. The molecule has 2 aromatic heterocycles. The van der Waals surface area contributed by atoms with Crippen LogP contribution in [0.1, 0.15) is 63.9 Å². The molecular formula is C26H28IrNO3-. The number of aromatic nitrogens is 1. The van der Waals surface area contributed by atoms with Crippen LogP contribution in [0.15, 0.2) is 58.3 Å². The standard InChI is InChI=1S/C16H14NO.C10H14O2.Ir/c1-11(2)12-7-8-17-14(9-12)16-10-13-5-3-4-6-15(13)18-16;11-8-5-1-3-7-4-2-6-9(12)10(7)8;/h3-9,11H,1-2H3;7,11H,1-6H2;/q-1;;. The molecule has 3 aromatic rings. The Labute approximate surface area is 197 Å². The third kappa shape index (κ3) is 5.34. The Morgan fingerprint density at radius 1 is 1.13 bits per heavy atom. The topological polar surface area (TPSA) is 63.3 Å². The summed E-state index contributed by atoms with van der Waals surface area (Å²) in [4.78, 5) is 15.8. The molecular weight excluding hydrogens is 567 g/mol. The minimum absolute atomic E-state index is 0. The minimum atomic E-state index is 0. The number of carbonyl (C=O) groups excluding carboxylic acids is 1. The van der Waals surface area contributed by atoms with Gasteiger partial charge < -0.3 is 14.5 Å². The van der Waals surface area contributed by atoms with Crippen LogP contribution in [-0.2, 0) is 24.9 Å². The third-order valence-corrected chi connectivity index (χ3v) is 5.97. The summed E-state index contributed by atoms with van der Waals surface area (Å²) < 4.78 is 5.77. The normalized spacial score (nSPS) is 18.3. The second kappa shape index (κ2) is 10.4. The number of ketones is 1. The zero-order chi connectivity index (χ0) is 21.1. The summed E-state index contributed by atoms with van der Waals surface area (Å²) in [5, 5.41) is 10.5. The summed E-state index contributed by atoms with van der Waals surface area (Å²) in [7, 11) is 0. The van der Waals surface area contributed by atoms with E-state index in [-0.39, 0.29) is 25.9 Å². The molecule has 5 heteroatoms. The number of fused-ring (bicyclic) bond motifs is 2. The average Bonchev–Trinajstić information content (AvgIpc) is 3.19. The molecule has 0 aliphatic heterocycles. The van der Waals surface area contributed by atoms with Crippen molar-refractivity contribution < 1.29 is 34.4 Å². The molecule has 1 saturated carbocycles. The summed E-state index contributed by atoms with van der Waals surface area (Å²) in [6.07, 6.45) is 7.46. The number of hydrogen-bond acceptors (Lipinski definition) is 4. The number of furan rings is 1. The molecule has 0 bridgehead atoms. The number of benzene rings is 1. The molecule has 1 N–H and O–H groups in total. The molecule has 0 spiro atoms. The van der Waals surface area contributed by atoms with Crippen molar-refractivity contribution >= 4 is 16.8 Å². The summed E-state index contributed by atoms with van der Waals surface area (Å²) in [5.41, 5.74) is 3.73. The fraction of sp³-hybridized carbons (Fsp3) is 0.385. The monoisotopic (exact) mass is 595 g/mol. The van der Waals surface area contributed by atoms with Crippen LogP contribution in [0.4, 0.5) is 0 Å². The van der Waals surface area contributed by atoms with Crippen molar-refractivity contribution in [1.29, 1.82) is 0 Å². The van der Waals surface area contributed by atoms with Crippen LogP contribution in [0.2, 0.25) is 0 Å². The number of nitrogens with zero attached hydrogens (tertiary/aromatic N) is 1. The number of rotatable bonds is 2. The van der Waals surface area contributed by atoms with E-state index < -0.39 is 0 Å². The first-order chi connectivity index (χ1) is 14.5. The average molecular weight is 595 g/mol. The first kappa shape index (κ1) is 23.4. The van der Waals surface area contributed by atoms with Crippen LogP contribution < -0.4 is 0 Å². The van der Waals surface area contributed by atoms with Crippen molar-refractivity contribution in [3.8, 4) is 11.5 Å². The van der Waals surface area contributed by atoms with Crippen molar-refractivity contribution in [2.75, 3.05) is 0 Å². The van der Waals surface area contributed by atoms with Crippen molar-refractivity contribution in [1.82, 2.24) is 4.98 Å².